The van der Waals surface area contributed by atoms with Crippen molar-refractivity contribution >= 4 is 11.6 Å². The van der Waals surface area contributed by atoms with Gasteiger partial charge in [-0.25, -0.2) is 0 Å². The van der Waals surface area contributed by atoms with Crippen LogP contribution in [0.2, 0.25) is 5.02 Å². The number of hydrogen-bond donors (Lipinski definition) is 1. The standard InChI is InChI=1S/C15H18ClN3O2/c1-19(8-10-5-13(20)6-10)9-14-17-15(18-21-14)11-3-2-4-12(16)7-11/h2-4,7,10,13,20H,5-6,8-9H2,1H3. The molecule has 0 spiro atoms. The SMILES string of the molecule is CN(Cc1nc(-c2cccc(Cl)c2)no1)CC1CC(O)C1. The van der Waals surface area contributed by atoms with E-state index in [9.17, 15) is 5.11 Å². The fraction of sp³-hybridized carbons (Fsp3) is 0.467. The molecule has 112 valence electrons. The summed E-state index contributed by atoms with van der Waals surface area (Å²) in [4.78, 5) is 6.54. The predicted molar refractivity (Wildman–Crippen MR) is 79.8 cm³/mol. The van der Waals surface area contributed by atoms with Crippen molar-refractivity contribution in [2.75, 3.05) is 13.6 Å². The van der Waals surface area contributed by atoms with Gasteiger partial charge in [0, 0.05) is 17.1 Å². The summed E-state index contributed by atoms with van der Waals surface area (Å²) in [6, 6.07) is 7.39. The zero-order chi connectivity index (χ0) is 14.8. The molecule has 1 aliphatic carbocycles. The topological polar surface area (TPSA) is 62.4 Å². The predicted octanol–water partition coefficient (Wildman–Crippen LogP) is 2.59. The lowest BCUT2D eigenvalue weighted by Crippen LogP contribution is -2.36. The molecule has 0 saturated heterocycles. The molecular formula is C15H18ClN3O2. The summed E-state index contributed by atoms with van der Waals surface area (Å²) >= 11 is 5.96. The minimum Gasteiger partial charge on any atom is -0.393 e. The van der Waals surface area contributed by atoms with Crippen LogP contribution in [-0.2, 0) is 6.54 Å². The van der Waals surface area contributed by atoms with Gasteiger partial charge in [-0.2, -0.15) is 4.98 Å². The molecule has 0 atom stereocenters. The summed E-state index contributed by atoms with van der Waals surface area (Å²) < 4.78 is 5.29. The van der Waals surface area contributed by atoms with Crippen LogP contribution >= 0.6 is 11.6 Å². The Morgan fingerprint density at radius 2 is 2.24 bits per heavy atom. The van der Waals surface area contributed by atoms with Gasteiger partial charge >= 0.3 is 0 Å². The number of halogens is 1. The Balaban J connectivity index is 1.60. The third kappa shape index (κ3) is 3.61. The zero-order valence-corrected chi connectivity index (χ0v) is 12.6. The van der Waals surface area contributed by atoms with Crippen LogP contribution in [-0.4, -0.2) is 39.8 Å². The maximum atomic E-state index is 9.30. The Kier molecular flexibility index (Phi) is 4.24. The van der Waals surface area contributed by atoms with Crippen molar-refractivity contribution in [3.63, 3.8) is 0 Å². The summed E-state index contributed by atoms with van der Waals surface area (Å²) in [6.07, 6.45) is 1.67. The molecule has 1 heterocycles. The lowest BCUT2D eigenvalue weighted by atomic mass is 9.82. The van der Waals surface area contributed by atoms with Crippen LogP contribution in [0.15, 0.2) is 28.8 Å². The van der Waals surface area contributed by atoms with Gasteiger partial charge < -0.3 is 9.63 Å². The Morgan fingerprint density at radius 1 is 1.43 bits per heavy atom. The second-order valence-electron chi connectivity index (χ2n) is 5.71. The summed E-state index contributed by atoms with van der Waals surface area (Å²) in [5.41, 5.74) is 0.849. The highest BCUT2D eigenvalue weighted by Crippen LogP contribution is 2.28. The first-order valence-corrected chi connectivity index (χ1v) is 7.43. The third-order valence-electron chi connectivity index (χ3n) is 3.74. The summed E-state index contributed by atoms with van der Waals surface area (Å²) in [5, 5.41) is 13.9. The van der Waals surface area contributed by atoms with E-state index >= 15 is 0 Å². The summed E-state index contributed by atoms with van der Waals surface area (Å²) in [6.45, 7) is 1.55. The number of aromatic nitrogens is 2. The minimum absolute atomic E-state index is 0.110. The normalized spacial score (nSPS) is 21.5. The molecule has 1 N–H and O–H groups in total. The molecule has 1 fully saturated rings. The Morgan fingerprint density at radius 3 is 2.95 bits per heavy atom. The van der Waals surface area contributed by atoms with Crippen LogP contribution in [0, 0.1) is 5.92 Å². The molecule has 0 aliphatic heterocycles. The quantitative estimate of drug-likeness (QED) is 0.920. The van der Waals surface area contributed by atoms with Crippen molar-refractivity contribution < 1.29 is 9.63 Å². The molecule has 1 saturated carbocycles. The molecule has 21 heavy (non-hydrogen) atoms. The first-order valence-electron chi connectivity index (χ1n) is 7.05. The fourth-order valence-electron chi connectivity index (χ4n) is 2.65. The average Bonchev–Trinajstić information content (AvgIpc) is 2.85. The molecule has 0 radical (unpaired) electrons. The van der Waals surface area contributed by atoms with Gasteiger partial charge in [0.2, 0.25) is 11.7 Å². The third-order valence-corrected chi connectivity index (χ3v) is 3.97. The van der Waals surface area contributed by atoms with Crippen molar-refractivity contribution in [1.29, 1.82) is 0 Å². The van der Waals surface area contributed by atoms with E-state index in [2.05, 4.69) is 15.0 Å². The second kappa shape index (κ2) is 6.13. The zero-order valence-electron chi connectivity index (χ0n) is 11.9. The van der Waals surface area contributed by atoms with Crippen molar-refractivity contribution in [2.24, 2.45) is 5.92 Å². The first kappa shape index (κ1) is 14.5. The Labute approximate surface area is 128 Å². The van der Waals surface area contributed by atoms with E-state index in [0.717, 1.165) is 24.9 Å². The van der Waals surface area contributed by atoms with E-state index in [0.29, 0.717) is 29.2 Å². The molecule has 0 unspecified atom stereocenters. The monoisotopic (exact) mass is 307 g/mol. The van der Waals surface area contributed by atoms with E-state index in [1.165, 1.54) is 0 Å². The van der Waals surface area contributed by atoms with Gasteiger partial charge in [-0.1, -0.05) is 28.9 Å². The van der Waals surface area contributed by atoms with Crippen LogP contribution in [0.4, 0.5) is 0 Å². The molecule has 2 aromatic rings. The lowest BCUT2D eigenvalue weighted by molar-refractivity contribution is 0.0261. The largest absolute Gasteiger partial charge is 0.393 e. The smallest absolute Gasteiger partial charge is 0.241 e. The summed E-state index contributed by atoms with van der Waals surface area (Å²) in [7, 11) is 2.02. The van der Waals surface area contributed by atoms with E-state index in [-0.39, 0.29) is 6.10 Å². The van der Waals surface area contributed by atoms with Gasteiger partial charge in [0.1, 0.15) is 0 Å². The van der Waals surface area contributed by atoms with Crippen molar-refractivity contribution in [3.8, 4) is 11.4 Å². The van der Waals surface area contributed by atoms with Gasteiger partial charge in [-0.15, -0.1) is 0 Å². The van der Waals surface area contributed by atoms with E-state index in [1.54, 1.807) is 0 Å². The van der Waals surface area contributed by atoms with E-state index in [1.807, 2.05) is 31.3 Å². The minimum atomic E-state index is -0.110. The van der Waals surface area contributed by atoms with Crippen LogP contribution in [0.5, 0.6) is 0 Å². The maximum Gasteiger partial charge on any atom is 0.241 e. The Bertz CT molecular complexity index is 610. The molecule has 1 aromatic heterocycles. The number of benzene rings is 1. The number of hydrogen-bond acceptors (Lipinski definition) is 5. The van der Waals surface area contributed by atoms with Gasteiger partial charge in [0.25, 0.3) is 0 Å². The highest BCUT2D eigenvalue weighted by atomic mass is 35.5. The van der Waals surface area contributed by atoms with Gasteiger partial charge in [0.15, 0.2) is 0 Å². The average molecular weight is 308 g/mol. The Hall–Kier alpha value is -1.43. The molecule has 6 heteroatoms. The van der Waals surface area contributed by atoms with Crippen LogP contribution < -0.4 is 0 Å². The maximum absolute atomic E-state index is 9.30. The molecular weight excluding hydrogens is 290 g/mol. The second-order valence-corrected chi connectivity index (χ2v) is 6.15. The van der Waals surface area contributed by atoms with Crippen molar-refractivity contribution in [3.05, 3.63) is 35.2 Å². The van der Waals surface area contributed by atoms with Gasteiger partial charge in [-0.3, -0.25) is 4.90 Å². The van der Waals surface area contributed by atoms with Crippen molar-refractivity contribution in [2.45, 2.75) is 25.5 Å². The van der Waals surface area contributed by atoms with Gasteiger partial charge in [-0.05, 0) is 37.9 Å². The van der Waals surface area contributed by atoms with E-state index < -0.39 is 0 Å². The van der Waals surface area contributed by atoms with Crippen LogP contribution in [0.25, 0.3) is 11.4 Å². The number of aliphatic hydroxyl groups is 1. The van der Waals surface area contributed by atoms with Crippen LogP contribution in [0.1, 0.15) is 18.7 Å². The highest BCUT2D eigenvalue weighted by molar-refractivity contribution is 6.30. The number of nitrogens with zero attached hydrogens (tertiary/aromatic N) is 3. The molecule has 5 nitrogen and oxygen atoms in total. The molecule has 1 aliphatic rings. The first-order chi connectivity index (χ1) is 10.1. The number of rotatable bonds is 5. The van der Waals surface area contributed by atoms with Crippen LogP contribution in [0.3, 0.4) is 0 Å². The number of aliphatic hydroxyl groups excluding tert-OH is 1. The molecule has 1 aromatic carbocycles. The molecule has 0 bridgehead atoms. The molecule has 3 rings (SSSR count). The van der Waals surface area contributed by atoms with Crippen molar-refractivity contribution in [1.82, 2.24) is 15.0 Å². The lowest BCUT2D eigenvalue weighted by Gasteiger charge is -2.34. The fourth-order valence-corrected chi connectivity index (χ4v) is 2.84. The van der Waals surface area contributed by atoms with Gasteiger partial charge in [0.05, 0.1) is 12.6 Å². The highest BCUT2D eigenvalue weighted by Gasteiger charge is 2.28. The summed E-state index contributed by atoms with van der Waals surface area (Å²) in [5.74, 6) is 1.72. The molecule has 0 amide bonds. The van der Waals surface area contributed by atoms with E-state index in [4.69, 9.17) is 16.1 Å².